The van der Waals surface area contributed by atoms with E-state index < -0.39 is 0 Å². The molecule has 0 amide bonds. The van der Waals surface area contributed by atoms with Gasteiger partial charge in [-0.3, -0.25) is 4.79 Å². The lowest BCUT2D eigenvalue weighted by atomic mass is 9.71. The van der Waals surface area contributed by atoms with Gasteiger partial charge in [0.1, 0.15) is 5.60 Å². The number of fused-ring (bicyclic) bond motifs is 6. The maximum absolute atomic E-state index is 12.0. The van der Waals surface area contributed by atoms with E-state index in [0.717, 1.165) is 19.3 Å². The Hall–Kier alpha value is -0.530. The van der Waals surface area contributed by atoms with E-state index in [0.29, 0.717) is 17.8 Å². The van der Waals surface area contributed by atoms with E-state index in [-0.39, 0.29) is 17.5 Å². The van der Waals surface area contributed by atoms with Gasteiger partial charge in [-0.25, -0.2) is 0 Å². The lowest BCUT2D eigenvalue weighted by molar-refractivity contribution is -0.152. The van der Waals surface area contributed by atoms with Gasteiger partial charge >= 0.3 is 5.97 Å². The van der Waals surface area contributed by atoms with Crippen LogP contribution in [0.15, 0.2) is 0 Å². The second-order valence-electron chi connectivity index (χ2n) is 5.88. The smallest absolute Gasteiger partial charge is 0.310 e. The molecule has 1 radical (unpaired) electrons. The lowest BCUT2D eigenvalue weighted by Gasteiger charge is -2.33. The first-order valence-electron chi connectivity index (χ1n) is 6.36. The van der Waals surface area contributed by atoms with Crippen LogP contribution in [0, 0.1) is 30.1 Å². The predicted molar refractivity (Wildman–Crippen MR) is 54.8 cm³/mol. The second kappa shape index (κ2) is 2.58. The van der Waals surface area contributed by atoms with Crippen molar-refractivity contribution in [2.75, 3.05) is 0 Å². The van der Waals surface area contributed by atoms with Gasteiger partial charge in [-0.15, -0.1) is 0 Å². The van der Waals surface area contributed by atoms with Gasteiger partial charge in [-0.2, -0.15) is 0 Å². The molecule has 4 aliphatic rings. The minimum Gasteiger partial charge on any atom is -0.459 e. The molecule has 1 saturated heterocycles. The van der Waals surface area contributed by atoms with E-state index in [2.05, 4.69) is 6.42 Å². The molecule has 4 unspecified atom stereocenters. The zero-order valence-corrected chi connectivity index (χ0v) is 8.95. The number of hydrogen-bond donors (Lipinski definition) is 0. The van der Waals surface area contributed by atoms with Crippen molar-refractivity contribution in [1.29, 1.82) is 0 Å². The molecule has 3 aliphatic carbocycles. The highest BCUT2D eigenvalue weighted by molar-refractivity contribution is 5.77. The summed E-state index contributed by atoms with van der Waals surface area (Å²) >= 11 is 0. The van der Waals surface area contributed by atoms with E-state index in [4.69, 9.17) is 4.74 Å². The fourth-order valence-electron chi connectivity index (χ4n) is 4.84. The normalized spacial score (nSPS) is 50.0. The Bertz CT molecular complexity index is 316. The first-order chi connectivity index (χ1) is 7.30. The van der Waals surface area contributed by atoms with E-state index in [1.807, 2.05) is 0 Å². The molecule has 0 aromatic rings. The molecule has 2 heteroatoms. The Morgan fingerprint density at radius 3 is 2.93 bits per heavy atom. The minimum atomic E-state index is -0.0158. The molecule has 0 N–H and O–H groups in total. The van der Waals surface area contributed by atoms with Crippen LogP contribution in [0.25, 0.3) is 0 Å². The quantitative estimate of drug-likeness (QED) is 0.567. The second-order valence-corrected chi connectivity index (χ2v) is 5.88. The molecule has 15 heavy (non-hydrogen) atoms. The molecule has 1 aliphatic heterocycles. The maximum atomic E-state index is 12.0. The van der Waals surface area contributed by atoms with Crippen molar-refractivity contribution in [2.24, 2.45) is 23.7 Å². The average Bonchev–Trinajstić information content (AvgIpc) is 2.93. The van der Waals surface area contributed by atoms with Crippen LogP contribution in [0.4, 0.5) is 0 Å². The number of carbonyl (C=O) groups is 1. The summed E-state index contributed by atoms with van der Waals surface area (Å²) in [6.07, 6.45) is 9.69. The van der Waals surface area contributed by atoms with Crippen LogP contribution in [0.5, 0.6) is 0 Å². The maximum Gasteiger partial charge on any atom is 0.310 e. The van der Waals surface area contributed by atoms with Gasteiger partial charge in [-0.1, -0.05) is 0 Å². The summed E-state index contributed by atoms with van der Waals surface area (Å²) < 4.78 is 5.80. The van der Waals surface area contributed by atoms with E-state index >= 15 is 0 Å². The van der Waals surface area contributed by atoms with Crippen LogP contribution in [0.1, 0.15) is 38.5 Å². The zero-order chi connectivity index (χ0) is 10.0. The molecule has 1 spiro atoms. The third kappa shape index (κ3) is 0.896. The van der Waals surface area contributed by atoms with Crippen molar-refractivity contribution in [3.63, 3.8) is 0 Å². The lowest BCUT2D eigenvalue weighted by Crippen LogP contribution is -2.37. The van der Waals surface area contributed by atoms with Crippen molar-refractivity contribution >= 4 is 5.97 Å². The Kier molecular flexibility index (Phi) is 1.48. The molecule has 3 saturated carbocycles. The van der Waals surface area contributed by atoms with Gasteiger partial charge < -0.3 is 4.74 Å². The first kappa shape index (κ1) is 8.60. The largest absolute Gasteiger partial charge is 0.459 e. The Morgan fingerprint density at radius 1 is 1.33 bits per heavy atom. The summed E-state index contributed by atoms with van der Waals surface area (Å²) in [7, 11) is 0. The van der Waals surface area contributed by atoms with Crippen LogP contribution in [0.2, 0.25) is 0 Å². The van der Waals surface area contributed by atoms with E-state index in [1.165, 1.54) is 19.3 Å². The fraction of sp³-hybridized carbons (Fsp3) is 0.846. The minimum absolute atomic E-state index is 0.0158. The summed E-state index contributed by atoms with van der Waals surface area (Å²) in [5.74, 6) is 2.31. The number of ether oxygens (including phenoxy) is 1. The molecule has 81 valence electrons. The number of rotatable bonds is 0. The third-order valence-corrected chi connectivity index (χ3v) is 5.31. The first-order valence-corrected chi connectivity index (χ1v) is 6.36. The zero-order valence-electron chi connectivity index (χ0n) is 8.95. The van der Waals surface area contributed by atoms with Crippen LogP contribution < -0.4 is 0 Å². The van der Waals surface area contributed by atoms with Crippen molar-refractivity contribution in [3.8, 4) is 0 Å². The van der Waals surface area contributed by atoms with Gasteiger partial charge in [0.2, 0.25) is 0 Å². The van der Waals surface area contributed by atoms with E-state index in [9.17, 15) is 4.79 Å². The summed E-state index contributed by atoms with van der Waals surface area (Å²) in [6, 6.07) is 0. The summed E-state index contributed by atoms with van der Waals surface area (Å²) in [6.45, 7) is 0. The molecule has 4 fully saturated rings. The predicted octanol–water partition coefficient (Wildman–Crippen LogP) is 2.33. The number of carbonyl (C=O) groups excluding carboxylic acids is 1. The van der Waals surface area contributed by atoms with E-state index in [1.54, 1.807) is 0 Å². The van der Waals surface area contributed by atoms with Crippen molar-refractivity contribution < 1.29 is 9.53 Å². The highest BCUT2D eigenvalue weighted by Gasteiger charge is 2.66. The highest BCUT2D eigenvalue weighted by atomic mass is 16.6. The summed E-state index contributed by atoms with van der Waals surface area (Å²) in [4.78, 5) is 12.0. The van der Waals surface area contributed by atoms with Crippen LogP contribution in [0.3, 0.4) is 0 Å². The topological polar surface area (TPSA) is 26.3 Å². The molecule has 1 heterocycles. The Balaban J connectivity index is 1.77. The Labute approximate surface area is 90.4 Å². The monoisotopic (exact) mass is 205 g/mol. The van der Waals surface area contributed by atoms with Gasteiger partial charge in [0.05, 0.1) is 5.92 Å². The molecular weight excluding hydrogens is 188 g/mol. The molecule has 4 atom stereocenters. The van der Waals surface area contributed by atoms with Crippen LogP contribution in [-0.2, 0) is 9.53 Å². The van der Waals surface area contributed by atoms with Gasteiger partial charge in [-0.05, 0) is 56.8 Å². The summed E-state index contributed by atoms with van der Waals surface area (Å²) in [5, 5.41) is 0. The van der Waals surface area contributed by atoms with Crippen LogP contribution in [-0.4, -0.2) is 11.6 Å². The molecule has 0 aromatic carbocycles. The van der Waals surface area contributed by atoms with Crippen molar-refractivity contribution in [2.45, 2.75) is 44.1 Å². The van der Waals surface area contributed by atoms with Gasteiger partial charge in [0.15, 0.2) is 0 Å². The SMILES string of the molecule is O=C1OC2(CCCC2)C2C3[CH]CC(C3)C12. The average molecular weight is 205 g/mol. The molecule has 0 aromatic heterocycles. The number of esters is 1. The molecule has 2 bridgehead atoms. The van der Waals surface area contributed by atoms with Crippen LogP contribution >= 0.6 is 0 Å². The summed E-state index contributed by atoms with van der Waals surface area (Å²) in [5.41, 5.74) is -0.0158. The Morgan fingerprint density at radius 2 is 2.13 bits per heavy atom. The molecule has 4 rings (SSSR count). The molecule has 2 nitrogen and oxygen atoms in total. The van der Waals surface area contributed by atoms with Crippen molar-refractivity contribution in [1.82, 2.24) is 0 Å². The number of hydrogen-bond acceptors (Lipinski definition) is 2. The van der Waals surface area contributed by atoms with Gasteiger partial charge in [0.25, 0.3) is 0 Å². The highest BCUT2D eigenvalue weighted by Crippen LogP contribution is 2.63. The molecular formula is C13H17O2. The standard InChI is InChI=1S/C13H17O2/c14-12-10-8-3-4-9(7-8)11(10)13(15-12)5-1-2-6-13/h4,8-11H,1-3,5-7H2. The van der Waals surface area contributed by atoms with Gasteiger partial charge in [0, 0.05) is 5.92 Å². The van der Waals surface area contributed by atoms with Crippen molar-refractivity contribution in [3.05, 3.63) is 6.42 Å². The third-order valence-electron chi connectivity index (χ3n) is 5.31. The fourth-order valence-corrected chi connectivity index (χ4v) is 4.84.